The molecule has 0 aromatic rings. The van der Waals surface area contributed by atoms with Gasteiger partial charge in [0, 0.05) is 25.6 Å². The standard InChI is InChI=1S/C15H30N2O2/c1-15(2,9-5-11-18)12-17-14(19)8-7-13-6-3-4-10-16-13/h13,16,18H,3-12H2,1-2H3,(H,17,19). The van der Waals surface area contributed by atoms with Crippen molar-refractivity contribution in [1.29, 1.82) is 0 Å². The Hall–Kier alpha value is -0.610. The maximum Gasteiger partial charge on any atom is 0.220 e. The van der Waals surface area contributed by atoms with Crippen LogP contribution >= 0.6 is 0 Å². The SMILES string of the molecule is CC(C)(CCCO)CNC(=O)CCC1CCCCN1. The summed E-state index contributed by atoms with van der Waals surface area (Å²) in [5.74, 6) is 0.157. The Kier molecular flexibility index (Phi) is 7.39. The second-order valence-corrected chi connectivity index (χ2v) is 6.45. The summed E-state index contributed by atoms with van der Waals surface area (Å²) in [4.78, 5) is 11.8. The van der Waals surface area contributed by atoms with Crippen LogP contribution < -0.4 is 10.6 Å². The van der Waals surface area contributed by atoms with Crippen molar-refractivity contribution in [2.75, 3.05) is 19.7 Å². The van der Waals surface area contributed by atoms with Gasteiger partial charge in [-0.15, -0.1) is 0 Å². The van der Waals surface area contributed by atoms with E-state index in [4.69, 9.17) is 5.11 Å². The molecule has 1 atom stereocenters. The first kappa shape index (κ1) is 16.4. The largest absolute Gasteiger partial charge is 0.396 e. The molecular weight excluding hydrogens is 240 g/mol. The van der Waals surface area contributed by atoms with Crippen molar-refractivity contribution in [2.45, 2.75) is 64.8 Å². The number of carbonyl (C=O) groups excluding carboxylic acids is 1. The second kappa shape index (κ2) is 8.54. The molecule has 4 heteroatoms. The molecule has 1 aliphatic heterocycles. The van der Waals surface area contributed by atoms with Crippen molar-refractivity contribution in [1.82, 2.24) is 10.6 Å². The van der Waals surface area contributed by atoms with Crippen molar-refractivity contribution < 1.29 is 9.90 Å². The molecular formula is C15H30N2O2. The van der Waals surface area contributed by atoms with E-state index in [9.17, 15) is 4.79 Å². The highest BCUT2D eigenvalue weighted by atomic mass is 16.2. The molecule has 1 rings (SSSR count). The Morgan fingerprint density at radius 1 is 1.42 bits per heavy atom. The molecule has 4 nitrogen and oxygen atoms in total. The number of rotatable bonds is 8. The van der Waals surface area contributed by atoms with Gasteiger partial charge in [-0.25, -0.2) is 0 Å². The fraction of sp³-hybridized carbons (Fsp3) is 0.933. The van der Waals surface area contributed by atoms with Gasteiger partial charge >= 0.3 is 0 Å². The Morgan fingerprint density at radius 2 is 2.21 bits per heavy atom. The van der Waals surface area contributed by atoms with Crippen LogP contribution in [0.5, 0.6) is 0 Å². The zero-order valence-electron chi connectivity index (χ0n) is 12.5. The zero-order valence-corrected chi connectivity index (χ0v) is 12.5. The summed E-state index contributed by atoms with van der Waals surface area (Å²) in [6, 6.07) is 0.530. The van der Waals surface area contributed by atoms with Crippen LogP contribution in [0, 0.1) is 5.41 Å². The summed E-state index contributed by atoms with van der Waals surface area (Å²) < 4.78 is 0. The van der Waals surface area contributed by atoms with Crippen LogP contribution in [0.25, 0.3) is 0 Å². The average molecular weight is 270 g/mol. The lowest BCUT2D eigenvalue weighted by molar-refractivity contribution is -0.121. The topological polar surface area (TPSA) is 61.4 Å². The number of hydrogen-bond donors (Lipinski definition) is 3. The molecule has 3 N–H and O–H groups in total. The van der Waals surface area contributed by atoms with E-state index in [2.05, 4.69) is 24.5 Å². The summed E-state index contributed by atoms with van der Waals surface area (Å²) in [5, 5.41) is 15.3. The molecule has 0 aromatic carbocycles. The van der Waals surface area contributed by atoms with Crippen LogP contribution in [0.1, 0.15) is 58.8 Å². The van der Waals surface area contributed by atoms with Crippen molar-refractivity contribution in [3.63, 3.8) is 0 Å². The summed E-state index contributed by atoms with van der Waals surface area (Å²) >= 11 is 0. The molecule has 1 fully saturated rings. The van der Waals surface area contributed by atoms with Crippen LogP contribution in [-0.2, 0) is 4.79 Å². The third-order valence-electron chi connectivity index (χ3n) is 3.91. The third kappa shape index (κ3) is 7.53. The Labute approximate surface area is 117 Å². The number of aliphatic hydroxyl groups excluding tert-OH is 1. The molecule has 0 bridgehead atoms. The minimum absolute atomic E-state index is 0.0709. The highest BCUT2D eigenvalue weighted by Crippen LogP contribution is 2.20. The third-order valence-corrected chi connectivity index (χ3v) is 3.91. The van der Waals surface area contributed by atoms with Crippen LogP contribution in [0.2, 0.25) is 0 Å². The van der Waals surface area contributed by atoms with Crippen molar-refractivity contribution in [3.8, 4) is 0 Å². The van der Waals surface area contributed by atoms with E-state index in [1.807, 2.05) is 0 Å². The molecule has 1 unspecified atom stereocenters. The van der Waals surface area contributed by atoms with Gasteiger partial charge < -0.3 is 15.7 Å². The number of amides is 1. The fourth-order valence-electron chi connectivity index (χ4n) is 2.55. The lowest BCUT2D eigenvalue weighted by atomic mass is 9.88. The van der Waals surface area contributed by atoms with E-state index in [1.165, 1.54) is 19.3 Å². The van der Waals surface area contributed by atoms with Gasteiger partial charge in [0.25, 0.3) is 0 Å². The van der Waals surface area contributed by atoms with Crippen LogP contribution in [0.15, 0.2) is 0 Å². The number of hydrogen-bond acceptors (Lipinski definition) is 3. The van der Waals surface area contributed by atoms with Crippen molar-refractivity contribution in [2.24, 2.45) is 5.41 Å². The minimum Gasteiger partial charge on any atom is -0.396 e. The quantitative estimate of drug-likeness (QED) is 0.630. The van der Waals surface area contributed by atoms with E-state index in [0.29, 0.717) is 19.0 Å². The second-order valence-electron chi connectivity index (χ2n) is 6.45. The Morgan fingerprint density at radius 3 is 2.84 bits per heavy atom. The number of nitrogens with one attached hydrogen (secondary N) is 2. The highest BCUT2D eigenvalue weighted by molar-refractivity contribution is 5.75. The van der Waals surface area contributed by atoms with Gasteiger partial charge in [-0.1, -0.05) is 20.3 Å². The summed E-state index contributed by atoms with van der Waals surface area (Å²) in [7, 11) is 0. The van der Waals surface area contributed by atoms with Crippen LogP contribution in [0.3, 0.4) is 0 Å². The van der Waals surface area contributed by atoms with E-state index >= 15 is 0 Å². The van der Waals surface area contributed by atoms with Crippen LogP contribution in [-0.4, -0.2) is 36.8 Å². The van der Waals surface area contributed by atoms with E-state index < -0.39 is 0 Å². The number of aliphatic hydroxyl groups is 1. The Bertz CT molecular complexity index is 261. The van der Waals surface area contributed by atoms with Crippen LogP contribution in [0.4, 0.5) is 0 Å². The van der Waals surface area contributed by atoms with Gasteiger partial charge in [-0.2, -0.15) is 0 Å². The lowest BCUT2D eigenvalue weighted by Gasteiger charge is -2.25. The molecule has 1 saturated heterocycles. The predicted octanol–water partition coefficient (Wildman–Crippen LogP) is 1.82. The molecule has 19 heavy (non-hydrogen) atoms. The average Bonchev–Trinajstić information content (AvgIpc) is 2.42. The van der Waals surface area contributed by atoms with Gasteiger partial charge in [-0.05, 0) is 44.1 Å². The van der Waals surface area contributed by atoms with Gasteiger partial charge in [0.1, 0.15) is 0 Å². The number of carbonyl (C=O) groups is 1. The van der Waals surface area contributed by atoms with Crippen molar-refractivity contribution in [3.05, 3.63) is 0 Å². The molecule has 1 aliphatic rings. The molecule has 0 aliphatic carbocycles. The molecule has 0 spiro atoms. The molecule has 112 valence electrons. The zero-order chi connectivity index (χ0) is 14.1. The van der Waals surface area contributed by atoms with Gasteiger partial charge in [0.2, 0.25) is 5.91 Å². The summed E-state index contributed by atoms with van der Waals surface area (Å²) in [6.07, 6.45) is 7.06. The monoisotopic (exact) mass is 270 g/mol. The number of piperidine rings is 1. The maximum atomic E-state index is 11.8. The first-order valence-electron chi connectivity index (χ1n) is 7.64. The molecule has 1 amide bonds. The molecule has 0 saturated carbocycles. The fourth-order valence-corrected chi connectivity index (χ4v) is 2.55. The molecule has 1 heterocycles. The smallest absolute Gasteiger partial charge is 0.220 e. The van der Waals surface area contributed by atoms with Gasteiger partial charge in [-0.3, -0.25) is 4.79 Å². The summed E-state index contributed by atoms with van der Waals surface area (Å²) in [5.41, 5.74) is 0.0709. The Balaban J connectivity index is 2.12. The first-order valence-corrected chi connectivity index (χ1v) is 7.64. The summed E-state index contributed by atoms with van der Waals surface area (Å²) in [6.45, 7) is 6.28. The highest BCUT2D eigenvalue weighted by Gasteiger charge is 2.19. The van der Waals surface area contributed by atoms with Gasteiger partial charge in [0.15, 0.2) is 0 Å². The molecule has 0 aromatic heterocycles. The minimum atomic E-state index is 0.0709. The van der Waals surface area contributed by atoms with Gasteiger partial charge in [0.05, 0.1) is 0 Å². The lowest BCUT2D eigenvalue weighted by Crippen LogP contribution is -2.37. The predicted molar refractivity (Wildman–Crippen MR) is 78.0 cm³/mol. The molecule has 0 radical (unpaired) electrons. The normalized spacial score (nSPS) is 20.3. The van der Waals surface area contributed by atoms with E-state index in [0.717, 1.165) is 25.8 Å². The van der Waals surface area contributed by atoms with E-state index in [1.54, 1.807) is 0 Å². The first-order chi connectivity index (χ1) is 9.03. The van der Waals surface area contributed by atoms with E-state index in [-0.39, 0.29) is 17.9 Å². The van der Waals surface area contributed by atoms with Crippen molar-refractivity contribution >= 4 is 5.91 Å². The maximum absolute atomic E-state index is 11.8.